The Kier molecular flexibility index (Phi) is 6.76. The van der Waals surface area contributed by atoms with Gasteiger partial charge in [-0.1, -0.05) is 63.3 Å². The summed E-state index contributed by atoms with van der Waals surface area (Å²) in [5.74, 6) is 0.964. The Balaban J connectivity index is 1.24. The molecule has 3 aromatic carbocycles. The van der Waals surface area contributed by atoms with Crippen LogP contribution in [0.3, 0.4) is 0 Å². The molecular formula is C28H18Cl3N3O5. The number of carboxylic acid groups (broad SMARTS) is 1. The first-order valence-corrected chi connectivity index (χ1v) is 13.1. The Bertz CT molecular complexity index is 1690. The number of halogens is 3. The van der Waals surface area contributed by atoms with Gasteiger partial charge in [-0.3, -0.25) is 0 Å². The van der Waals surface area contributed by atoms with Gasteiger partial charge in [-0.15, -0.1) is 0 Å². The molecule has 0 amide bonds. The van der Waals surface area contributed by atoms with Crippen molar-refractivity contribution in [3.05, 3.63) is 92.6 Å². The second-order valence-electron chi connectivity index (χ2n) is 8.98. The van der Waals surface area contributed by atoms with Crippen molar-refractivity contribution in [2.75, 3.05) is 0 Å². The summed E-state index contributed by atoms with van der Waals surface area (Å²) in [5.41, 5.74) is 3.08. The average Bonchev–Trinajstić information content (AvgIpc) is 3.50. The van der Waals surface area contributed by atoms with Gasteiger partial charge in [0.25, 0.3) is 5.89 Å². The van der Waals surface area contributed by atoms with Crippen molar-refractivity contribution in [2.24, 2.45) is 0 Å². The number of carbonyl (C=O) groups is 1. The van der Waals surface area contributed by atoms with E-state index in [1.807, 2.05) is 0 Å². The summed E-state index contributed by atoms with van der Waals surface area (Å²) >= 11 is 19.4. The van der Waals surface area contributed by atoms with Crippen LogP contribution in [-0.2, 0) is 6.61 Å². The molecule has 11 heteroatoms. The first-order valence-electron chi connectivity index (χ1n) is 11.9. The Hall–Kier alpha value is -3.85. The molecule has 39 heavy (non-hydrogen) atoms. The average molecular weight is 583 g/mol. The van der Waals surface area contributed by atoms with Gasteiger partial charge in [0.1, 0.15) is 23.8 Å². The predicted octanol–water partition coefficient (Wildman–Crippen LogP) is 8.17. The highest BCUT2D eigenvalue weighted by molar-refractivity contribution is 6.39. The summed E-state index contributed by atoms with van der Waals surface area (Å²) in [6, 6.07) is 16.7. The van der Waals surface area contributed by atoms with Crippen LogP contribution in [0, 0.1) is 0 Å². The molecule has 2 aromatic heterocycles. The predicted molar refractivity (Wildman–Crippen MR) is 145 cm³/mol. The van der Waals surface area contributed by atoms with Crippen LogP contribution >= 0.6 is 34.8 Å². The van der Waals surface area contributed by atoms with Gasteiger partial charge in [0.05, 0.1) is 31.8 Å². The fourth-order valence-corrected chi connectivity index (χ4v) is 5.03. The van der Waals surface area contributed by atoms with Gasteiger partial charge in [0, 0.05) is 17.0 Å². The molecular weight excluding hydrogens is 565 g/mol. The molecule has 0 saturated heterocycles. The molecule has 2 heterocycles. The quantitative estimate of drug-likeness (QED) is 0.195. The van der Waals surface area contributed by atoms with Crippen LogP contribution in [0.15, 0.2) is 69.7 Å². The van der Waals surface area contributed by atoms with Crippen LogP contribution in [0.5, 0.6) is 5.75 Å². The monoisotopic (exact) mass is 581 g/mol. The Morgan fingerprint density at radius 2 is 1.72 bits per heavy atom. The van der Waals surface area contributed by atoms with Gasteiger partial charge in [-0.05, 0) is 55.3 Å². The third-order valence-corrected chi connectivity index (χ3v) is 7.26. The van der Waals surface area contributed by atoms with E-state index in [4.69, 9.17) is 48.6 Å². The molecule has 6 rings (SSSR count). The summed E-state index contributed by atoms with van der Waals surface area (Å²) in [6.07, 6.45) is 2.04. The minimum absolute atomic E-state index is 0.121. The summed E-state index contributed by atoms with van der Waals surface area (Å²) in [4.78, 5) is 15.7. The molecule has 8 nitrogen and oxygen atoms in total. The molecule has 0 spiro atoms. The summed E-state index contributed by atoms with van der Waals surface area (Å²) in [6.45, 7) is 0.173. The standard InChI is InChI=1S/C28H18Cl3N3O5/c29-20-5-2-6-21(30)23(20)24-19(25(38-33-24)14-7-8-14)13-37-17-9-10-18(22(31)12-17)27-32-26(34-39-27)15-3-1-4-16(11-15)28(35)36/h1-6,9-12,14H,7-8,13H2,(H,35,36). The van der Waals surface area contributed by atoms with E-state index in [1.165, 1.54) is 12.1 Å². The highest BCUT2D eigenvalue weighted by Crippen LogP contribution is 2.46. The van der Waals surface area contributed by atoms with Gasteiger partial charge < -0.3 is 18.9 Å². The van der Waals surface area contributed by atoms with Crippen molar-refractivity contribution < 1.29 is 23.7 Å². The Labute approximate surface area is 237 Å². The van der Waals surface area contributed by atoms with Crippen molar-refractivity contribution in [1.82, 2.24) is 15.3 Å². The summed E-state index contributed by atoms with van der Waals surface area (Å²) in [5, 5.41) is 18.8. The number of rotatable bonds is 8. The number of carboxylic acids is 1. The number of aromatic carboxylic acids is 1. The van der Waals surface area contributed by atoms with E-state index in [2.05, 4.69) is 15.3 Å². The van der Waals surface area contributed by atoms with E-state index in [-0.39, 0.29) is 23.9 Å². The second kappa shape index (κ2) is 10.4. The van der Waals surface area contributed by atoms with Crippen molar-refractivity contribution >= 4 is 40.8 Å². The number of nitrogens with zero attached hydrogens (tertiary/aromatic N) is 3. The first-order chi connectivity index (χ1) is 18.9. The minimum atomic E-state index is -1.04. The molecule has 5 aromatic rings. The molecule has 1 N–H and O–H groups in total. The van der Waals surface area contributed by atoms with Gasteiger partial charge in [0.15, 0.2) is 0 Å². The number of benzene rings is 3. The third-order valence-electron chi connectivity index (χ3n) is 6.31. The van der Waals surface area contributed by atoms with Crippen molar-refractivity contribution in [1.29, 1.82) is 0 Å². The molecule has 1 saturated carbocycles. The van der Waals surface area contributed by atoms with Crippen LogP contribution in [0.25, 0.3) is 34.1 Å². The lowest BCUT2D eigenvalue weighted by Gasteiger charge is -2.10. The highest BCUT2D eigenvalue weighted by atomic mass is 35.5. The highest BCUT2D eigenvalue weighted by Gasteiger charge is 2.33. The van der Waals surface area contributed by atoms with E-state index >= 15 is 0 Å². The molecule has 0 aliphatic heterocycles. The molecule has 0 unspecified atom stereocenters. The molecule has 196 valence electrons. The normalized spacial score (nSPS) is 13.0. The van der Waals surface area contributed by atoms with Crippen LogP contribution in [0.4, 0.5) is 0 Å². The molecule has 0 bridgehead atoms. The lowest BCUT2D eigenvalue weighted by molar-refractivity contribution is 0.0697. The van der Waals surface area contributed by atoms with Gasteiger partial charge >= 0.3 is 5.97 Å². The van der Waals surface area contributed by atoms with E-state index in [9.17, 15) is 9.90 Å². The number of hydrogen-bond acceptors (Lipinski definition) is 7. The molecule has 1 aliphatic carbocycles. The van der Waals surface area contributed by atoms with Crippen LogP contribution in [0.1, 0.15) is 40.4 Å². The zero-order valence-electron chi connectivity index (χ0n) is 20.0. The second-order valence-corrected chi connectivity index (χ2v) is 10.2. The fraction of sp³-hybridized carbons (Fsp3) is 0.143. The Morgan fingerprint density at radius 1 is 0.949 bits per heavy atom. The van der Waals surface area contributed by atoms with Crippen molar-refractivity contribution in [2.45, 2.75) is 25.4 Å². The summed E-state index contributed by atoms with van der Waals surface area (Å²) in [7, 11) is 0. The fourth-order valence-electron chi connectivity index (χ4n) is 4.20. The molecule has 0 radical (unpaired) electrons. The summed E-state index contributed by atoms with van der Waals surface area (Å²) < 4.78 is 17.2. The molecule has 1 fully saturated rings. The van der Waals surface area contributed by atoms with Crippen molar-refractivity contribution in [3.63, 3.8) is 0 Å². The van der Waals surface area contributed by atoms with Crippen LogP contribution < -0.4 is 4.74 Å². The number of ether oxygens (including phenoxy) is 1. The maximum atomic E-state index is 11.3. The lowest BCUT2D eigenvalue weighted by atomic mass is 10.0. The van der Waals surface area contributed by atoms with Gasteiger partial charge in [-0.25, -0.2) is 4.79 Å². The number of aromatic nitrogens is 3. The zero-order valence-corrected chi connectivity index (χ0v) is 22.3. The lowest BCUT2D eigenvalue weighted by Crippen LogP contribution is -2.00. The SMILES string of the molecule is O=C(O)c1cccc(-c2noc(-c3ccc(OCc4c(-c5c(Cl)cccc5Cl)noc4C4CC4)cc3Cl)n2)c1. The van der Waals surface area contributed by atoms with E-state index < -0.39 is 5.97 Å². The largest absolute Gasteiger partial charge is 0.489 e. The van der Waals surface area contributed by atoms with E-state index in [1.54, 1.807) is 48.5 Å². The van der Waals surface area contributed by atoms with E-state index in [0.717, 1.165) is 24.2 Å². The first kappa shape index (κ1) is 25.4. The van der Waals surface area contributed by atoms with E-state index in [0.29, 0.717) is 49.1 Å². The Morgan fingerprint density at radius 3 is 2.44 bits per heavy atom. The molecule has 1 aliphatic rings. The third kappa shape index (κ3) is 5.11. The van der Waals surface area contributed by atoms with Gasteiger partial charge in [0.2, 0.25) is 5.82 Å². The molecule has 0 atom stereocenters. The van der Waals surface area contributed by atoms with Crippen LogP contribution in [0.2, 0.25) is 15.1 Å². The maximum absolute atomic E-state index is 11.3. The topological polar surface area (TPSA) is 111 Å². The van der Waals surface area contributed by atoms with Crippen LogP contribution in [-0.4, -0.2) is 26.4 Å². The minimum Gasteiger partial charge on any atom is -0.489 e. The maximum Gasteiger partial charge on any atom is 0.335 e. The zero-order chi connectivity index (χ0) is 27.1. The number of hydrogen-bond donors (Lipinski definition) is 1. The van der Waals surface area contributed by atoms with Gasteiger partial charge in [-0.2, -0.15) is 4.98 Å². The van der Waals surface area contributed by atoms with Crippen molar-refractivity contribution in [3.8, 4) is 39.8 Å². The smallest absolute Gasteiger partial charge is 0.335 e.